The van der Waals surface area contributed by atoms with Gasteiger partial charge in [0.15, 0.2) is 0 Å². The SMILES string of the molecule is CC1(C)C[C@@H](OC(=O)CSCCC#N)C2CCCC3(CCC(=O)C23)C[C@@H]1O. The molecule has 0 spiro atoms. The van der Waals surface area contributed by atoms with Gasteiger partial charge in [-0.3, -0.25) is 9.59 Å². The Bertz CT molecular complexity index is 628. The molecule has 0 saturated heterocycles. The van der Waals surface area contributed by atoms with Crippen molar-refractivity contribution in [1.29, 1.82) is 5.26 Å². The van der Waals surface area contributed by atoms with Crippen molar-refractivity contribution in [3.63, 3.8) is 0 Å². The van der Waals surface area contributed by atoms with Gasteiger partial charge in [0.2, 0.25) is 0 Å². The predicted octanol–water partition coefficient (Wildman–Crippen LogP) is 3.49. The molecule has 0 amide bonds. The lowest BCUT2D eigenvalue weighted by Crippen LogP contribution is -2.52. The summed E-state index contributed by atoms with van der Waals surface area (Å²) in [6.45, 7) is 4.09. The molecule has 3 saturated carbocycles. The largest absolute Gasteiger partial charge is 0.461 e. The molecule has 3 aliphatic rings. The standard InChI is InChI=1S/C21H31NO4S/c1-20(2)11-16(26-18(25)13-27-10-4-9-22)14-5-3-7-21(12-17(20)24)8-6-15(23)19(14)21/h14,16-17,19,24H,3-8,10-13H2,1-2H3/t14?,16-,17+,19?,21?/m1/s1. The smallest absolute Gasteiger partial charge is 0.316 e. The van der Waals surface area contributed by atoms with Crippen LogP contribution in [-0.2, 0) is 14.3 Å². The summed E-state index contributed by atoms with van der Waals surface area (Å²) in [6, 6.07) is 2.07. The maximum Gasteiger partial charge on any atom is 0.316 e. The van der Waals surface area contributed by atoms with Gasteiger partial charge in [0.05, 0.1) is 17.9 Å². The number of hydrogen-bond acceptors (Lipinski definition) is 6. The Morgan fingerprint density at radius 1 is 1.37 bits per heavy atom. The van der Waals surface area contributed by atoms with Crippen LogP contribution in [0.5, 0.6) is 0 Å². The van der Waals surface area contributed by atoms with Crippen LogP contribution in [0.3, 0.4) is 0 Å². The van der Waals surface area contributed by atoms with Gasteiger partial charge in [0, 0.05) is 30.4 Å². The summed E-state index contributed by atoms with van der Waals surface area (Å²) in [6.07, 6.45) is 5.31. The minimum absolute atomic E-state index is 0.0685. The molecule has 3 fully saturated rings. The third-order valence-electron chi connectivity index (χ3n) is 7.08. The Morgan fingerprint density at radius 2 is 2.15 bits per heavy atom. The number of rotatable bonds is 5. The summed E-state index contributed by atoms with van der Waals surface area (Å²) in [5, 5.41) is 19.6. The molecule has 150 valence electrons. The van der Waals surface area contributed by atoms with Crippen LogP contribution in [0, 0.1) is 34.0 Å². The van der Waals surface area contributed by atoms with E-state index in [0.29, 0.717) is 37.2 Å². The first-order valence-electron chi connectivity index (χ1n) is 10.1. The van der Waals surface area contributed by atoms with Crippen LogP contribution >= 0.6 is 11.8 Å². The van der Waals surface area contributed by atoms with Gasteiger partial charge in [0.25, 0.3) is 0 Å². The van der Waals surface area contributed by atoms with Gasteiger partial charge >= 0.3 is 5.97 Å². The van der Waals surface area contributed by atoms with Gasteiger partial charge in [-0.25, -0.2) is 0 Å². The van der Waals surface area contributed by atoms with E-state index in [1.807, 2.05) is 13.8 Å². The lowest BCUT2D eigenvalue weighted by Gasteiger charge is -2.51. The molecule has 6 heteroatoms. The van der Waals surface area contributed by atoms with E-state index < -0.39 is 6.10 Å². The second-order valence-electron chi connectivity index (χ2n) is 9.26. The number of nitriles is 1. The molecular weight excluding hydrogens is 362 g/mol. The topological polar surface area (TPSA) is 87.4 Å². The molecule has 0 aromatic heterocycles. The molecule has 3 unspecified atom stereocenters. The number of ketones is 1. The zero-order chi connectivity index (χ0) is 19.7. The van der Waals surface area contributed by atoms with Crippen LogP contribution in [-0.4, -0.2) is 40.6 Å². The lowest BCUT2D eigenvalue weighted by atomic mass is 9.55. The summed E-state index contributed by atoms with van der Waals surface area (Å²) in [7, 11) is 0. The Labute approximate surface area is 166 Å². The quantitative estimate of drug-likeness (QED) is 0.568. The summed E-state index contributed by atoms with van der Waals surface area (Å²) < 4.78 is 5.92. The first-order chi connectivity index (χ1) is 12.8. The Morgan fingerprint density at radius 3 is 2.89 bits per heavy atom. The first kappa shape index (κ1) is 20.7. The van der Waals surface area contributed by atoms with Crippen molar-refractivity contribution >= 4 is 23.5 Å². The van der Waals surface area contributed by atoms with E-state index in [1.54, 1.807) is 0 Å². The van der Waals surface area contributed by atoms with Crippen LogP contribution in [0.25, 0.3) is 0 Å². The van der Waals surface area contributed by atoms with Gasteiger partial charge in [-0.05, 0) is 42.9 Å². The van der Waals surface area contributed by atoms with Gasteiger partial charge < -0.3 is 9.84 Å². The van der Waals surface area contributed by atoms with Crippen molar-refractivity contribution in [2.45, 2.75) is 77.4 Å². The summed E-state index contributed by atoms with van der Waals surface area (Å²) >= 11 is 1.41. The minimum Gasteiger partial charge on any atom is -0.461 e. The maximum absolute atomic E-state index is 12.8. The zero-order valence-corrected chi connectivity index (χ0v) is 17.2. The molecule has 27 heavy (non-hydrogen) atoms. The average molecular weight is 394 g/mol. The second kappa shape index (κ2) is 8.13. The predicted molar refractivity (Wildman–Crippen MR) is 104 cm³/mol. The molecule has 5 nitrogen and oxygen atoms in total. The molecule has 0 radical (unpaired) electrons. The number of hydrogen-bond donors (Lipinski definition) is 1. The number of Topliss-reactive ketones (excluding diaryl/α,β-unsaturated/α-hetero) is 1. The Kier molecular flexibility index (Phi) is 6.22. The van der Waals surface area contributed by atoms with Crippen LogP contribution < -0.4 is 0 Å². The third kappa shape index (κ3) is 4.19. The highest BCUT2D eigenvalue weighted by molar-refractivity contribution is 7.99. The monoisotopic (exact) mass is 393 g/mol. The van der Waals surface area contributed by atoms with Crippen LogP contribution in [0.1, 0.15) is 65.2 Å². The summed E-state index contributed by atoms with van der Waals surface area (Å²) in [5.41, 5.74) is -0.457. The molecular formula is C21H31NO4S. The van der Waals surface area contributed by atoms with Crippen LogP contribution in [0.4, 0.5) is 0 Å². The number of nitrogens with zero attached hydrogens (tertiary/aromatic N) is 1. The highest BCUT2D eigenvalue weighted by Crippen LogP contribution is 2.59. The number of esters is 1. The Balaban J connectivity index is 1.80. The van der Waals surface area contributed by atoms with Crippen molar-refractivity contribution in [2.75, 3.05) is 11.5 Å². The van der Waals surface area contributed by atoms with Crippen molar-refractivity contribution in [3.05, 3.63) is 0 Å². The molecule has 0 aromatic rings. The van der Waals surface area contributed by atoms with Gasteiger partial charge in [0.1, 0.15) is 11.9 Å². The fourth-order valence-corrected chi connectivity index (χ4v) is 6.27. The zero-order valence-electron chi connectivity index (χ0n) is 16.4. The molecule has 3 rings (SSSR count). The number of carbonyl (C=O) groups is 2. The molecule has 0 aliphatic heterocycles. The third-order valence-corrected chi connectivity index (χ3v) is 8.02. The lowest BCUT2D eigenvalue weighted by molar-refractivity contribution is -0.166. The summed E-state index contributed by atoms with van der Waals surface area (Å²) in [5.74, 6) is 0.896. The van der Waals surface area contributed by atoms with Crippen molar-refractivity contribution in [2.24, 2.45) is 22.7 Å². The number of carbonyl (C=O) groups excluding carboxylic acids is 2. The van der Waals surface area contributed by atoms with E-state index in [4.69, 9.17) is 10.00 Å². The number of thioether (sulfide) groups is 1. The fourth-order valence-electron chi connectivity index (χ4n) is 5.66. The van der Waals surface area contributed by atoms with E-state index in [1.165, 1.54) is 11.8 Å². The van der Waals surface area contributed by atoms with E-state index >= 15 is 0 Å². The minimum atomic E-state index is -0.490. The first-order valence-corrected chi connectivity index (χ1v) is 11.3. The Hall–Kier alpha value is -1.06. The van der Waals surface area contributed by atoms with Crippen molar-refractivity contribution < 1.29 is 19.4 Å². The van der Waals surface area contributed by atoms with E-state index in [9.17, 15) is 14.7 Å². The van der Waals surface area contributed by atoms with E-state index in [2.05, 4.69) is 6.07 Å². The van der Waals surface area contributed by atoms with Crippen molar-refractivity contribution in [1.82, 2.24) is 0 Å². The van der Waals surface area contributed by atoms with Gasteiger partial charge in [-0.15, -0.1) is 11.8 Å². The van der Waals surface area contributed by atoms with Gasteiger partial charge in [-0.2, -0.15) is 5.26 Å². The second-order valence-corrected chi connectivity index (χ2v) is 10.4. The van der Waals surface area contributed by atoms with E-state index in [0.717, 1.165) is 25.7 Å². The van der Waals surface area contributed by atoms with E-state index in [-0.39, 0.29) is 40.5 Å². The molecule has 0 aromatic carbocycles. The normalized spacial score (nSPS) is 37.6. The molecule has 3 aliphatic carbocycles. The highest BCUT2D eigenvalue weighted by Gasteiger charge is 2.58. The molecule has 2 bridgehead atoms. The fraction of sp³-hybridized carbons (Fsp3) is 0.857. The number of ether oxygens (including phenoxy) is 1. The number of aliphatic hydroxyl groups is 1. The average Bonchev–Trinajstić information content (AvgIpc) is 2.94. The maximum atomic E-state index is 12.8. The van der Waals surface area contributed by atoms with Gasteiger partial charge in [-0.1, -0.05) is 20.3 Å². The summed E-state index contributed by atoms with van der Waals surface area (Å²) in [4.78, 5) is 25.2. The van der Waals surface area contributed by atoms with Crippen molar-refractivity contribution in [3.8, 4) is 6.07 Å². The molecule has 5 atom stereocenters. The molecule has 0 heterocycles. The number of aliphatic hydroxyl groups excluding tert-OH is 1. The van der Waals surface area contributed by atoms with Crippen LogP contribution in [0.15, 0.2) is 0 Å². The van der Waals surface area contributed by atoms with Crippen LogP contribution in [0.2, 0.25) is 0 Å². The molecule has 1 N–H and O–H groups in total. The highest BCUT2D eigenvalue weighted by atomic mass is 32.2.